The predicted octanol–water partition coefficient (Wildman–Crippen LogP) is 0.945. The minimum Gasteiger partial charge on any atom is -0.318 e. The highest BCUT2D eigenvalue weighted by atomic mass is 32.1. The molecule has 0 radical (unpaired) electrons. The fourth-order valence-electron chi connectivity index (χ4n) is 1.86. The number of para-hydroxylation sites is 1. The first-order valence-electron chi connectivity index (χ1n) is 5.68. The van der Waals surface area contributed by atoms with Crippen molar-refractivity contribution < 1.29 is 4.90 Å². The molecule has 2 rings (SSSR count). The molecule has 0 aliphatic heterocycles. The predicted molar refractivity (Wildman–Crippen MR) is 68.1 cm³/mol. The summed E-state index contributed by atoms with van der Waals surface area (Å²) in [5, 5.41) is 0. The van der Waals surface area contributed by atoms with E-state index in [2.05, 4.69) is 13.8 Å². The quantitative estimate of drug-likeness (QED) is 0.842. The van der Waals surface area contributed by atoms with Crippen molar-refractivity contribution in [2.24, 2.45) is 0 Å². The van der Waals surface area contributed by atoms with E-state index in [-0.39, 0.29) is 4.87 Å². The molecule has 0 amide bonds. The second-order valence-electron chi connectivity index (χ2n) is 3.88. The third-order valence-electron chi connectivity index (χ3n) is 2.96. The van der Waals surface area contributed by atoms with Crippen LogP contribution in [0.3, 0.4) is 0 Å². The summed E-state index contributed by atoms with van der Waals surface area (Å²) in [5.41, 5.74) is 1.07. The van der Waals surface area contributed by atoms with Crippen molar-refractivity contribution in [3.05, 3.63) is 33.9 Å². The maximum atomic E-state index is 11.9. The lowest BCUT2D eigenvalue weighted by molar-refractivity contribution is -0.919. The zero-order valence-electron chi connectivity index (χ0n) is 9.69. The van der Waals surface area contributed by atoms with Crippen molar-refractivity contribution in [3.63, 3.8) is 0 Å². The Morgan fingerprint density at radius 3 is 2.62 bits per heavy atom. The molecule has 1 N–H and O–H groups in total. The Morgan fingerprint density at radius 1 is 1.25 bits per heavy atom. The first kappa shape index (κ1) is 11.4. The zero-order valence-corrected chi connectivity index (χ0v) is 10.5. The maximum absolute atomic E-state index is 11.9. The second kappa shape index (κ2) is 4.80. The normalized spacial score (nSPS) is 11.4. The van der Waals surface area contributed by atoms with E-state index in [9.17, 15) is 4.79 Å². The third-order valence-corrected chi connectivity index (χ3v) is 3.92. The van der Waals surface area contributed by atoms with Crippen molar-refractivity contribution in [1.82, 2.24) is 4.57 Å². The van der Waals surface area contributed by atoms with Gasteiger partial charge < -0.3 is 4.90 Å². The van der Waals surface area contributed by atoms with Crippen molar-refractivity contribution in [1.29, 1.82) is 0 Å². The monoisotopic (exact) mass is 237 g/mol. The van der Waals surface area contributed by atoms with E-state index < -0.39 is 0 Å². The van der Waals surface area contributed by atoms with E-state index in [1.807, 2.05) is 28.8 Å². The molecule has 1 aromatic carbocycles. The van der Waals surface area contributed by atoms with Gasteiger partial charge in [-0.25, -0.2) is 0 Å². The summed E-state index contributed by atoms with van der Waals surface area (Å²) in [7, 11) is 0. The van der Waals surface area contributed by atoms with Gasteiger partial charge in [-0.05, 0) is 26.0 Å². The van der Waals surface area contributed by atoms with Gasteiger partial charge in [-0.2, -0.15) is 0 Å². The number of benzene rings is 1. The molecule has 16 heavy (non-hydrogen) atoms. The van der Waals surface area contributed by atoms with Gasteiger partial charge in [0.15, 0.2) is 6.67 Å². The highest BCUT2D eigenvalue weighted by molar-refractivity contribution is 7.16. The van der Waals surface area contributed by atoms with Crippen LogP contribution in [0.4, 0.5) is 0 Å². The van der Waals surface area contributed by atoms with Gasteiger partial charge in [0, 0.05) is 0 Å². The van der Waals surface area contributed by atoms with Crippen LogP contribution in [-0.2, 0) is 6.67 Å². The number of aromatic nitrogens is 1. The SMILES string of the molecule is CC[NH+](CC)Cn1c(=O)sc2ccccc21. The van der Waals surface area contributed by atoms with E-state index in [1.54, 1.807) is 0 Å². The minimum atomic E-state index is 0.153. The topological polar surface area (TPSA) is 26.4 Å². The minimum absolute atomic E-state index is 0.153. The van der Waals surface area contributed by atoms with Crippen LogP contribution < -0.4 is 9.77 Å². The zero-order chi connectivity index (χ0) is 11.5. The van der Waals surface area contributed by atoms with Gasteiger partial charge in [-0.3, -0.25) is 9.36 Å². The fourth-order valence-corrected chi connectivity index (χ4v) is 2.75. The Bertz CT molecular complexity index is 525. The summed E-state index contributed by atoms with van der Waals surface area (Å²) in [6, 6.07) is 8.00. The number of thiazole rings is 1. The number of quaternary nitrogens is 1. The molecule has 0 spiro atoms. The van der Waals surface area contributed by atoms with Crippen LogP contribution in [-0.4, -0.2) is 17.7 Å². The standard InChI is InChI=1S/C12H16N2OS/c1-3-13(4-2)9-14-10-7-5-6-8-11(10)16-12(14)15/h5-8H,3-4,9H2,1-2H3/p+1. The van der Waals surface area contributed by atoms with E-state index in [1.165, 1.54) is 16.2 Å². The Balaban J connectivity index is 2.43. The van der Waals surface area contributed by atoms with Crippen LogP contribution in [0.2, 0.25) is 0 Å². The largest absolute Gasteiger partial charge is 0.318 e. The van der Waals surface area contributed by atoms with Crippen molar-refractivity contribution in [3.8, 4) is 0 Å². The van der Waals surface area contributed by atoms with Gasteiger partial charge in [0.05, 0.1) is 23.3 Å². The summed E-state index contributed by atoms with van der Waals surface area (Å²) < 4.78 is 2.97. The van der Waals surface area contributed by atoms with Crippen LogP contribution in [0.15, 0.2) is 29.1 Å². The third kappa shape index (κ3) is 2.03. The Labute approximate surface area is 98.9 Å². The molecule has 0 atom stereocenters. The highest BCUT2D eigenvalue weighted by Gasteiger charge is 2.10. The number of fused-ring (bicyclic) bond motifs is 1. The first-order chi connectivity index (χ1) is 7.76. The maximum Gasteiger partial charge on any atom is 0.312 e. The van der Waals surface area contributed by atoms with E-state index in [0.717, 1.165) is 30.0 Å². The summed E-state index contributed by atoms with van der Waals surface area (Å²) in [5.74, 6) is 0. The first-order valence-corrected chi connectivity index (χ1v) is 6.49. The molecule has 86 valence electrons. The molecule has 0 aliphatic carbocycles. The van der Waals surface area contributed by atoms with Crippen LogP contribution in [0.5, 0.6) is 0 Å². The van der Waals surface area contributed by atoms with Crippen LogP contribution in [0.1, 0.15) is 13.8 Å². The number of nitrogens with one attached hydrogen (secondary N) is 1. The Kier molecular flexibility index (Phi) is 3.41. The van der Waals surface area contributed by atoms with E-state index in [0.29, 0.717) is 0 Å². The van der Waals surface area contributed by atoms with Crippen LogP contribution >= 0.6 is 11.3 Å². The lowest BCUT2D eigenvalue weighted by atomic mass is 10.3. The van der Waals surface area contributed by atoms with Crippen LogP contribution in [0.25, 0.3) is 10.2 Å². The molecule has 0 saturated heterocycles. The van der Waals surface area contributed by atoms with Gasteiger partial charge in [-0.15, -0.1) is 0 Å². The van der Waals surface area contributed by atoms with Crippen molar-refractivity contribution >= 4 is 21.6 Å². The molecule has 4 heteroatoms. The molecule has 0 bridgehead atoms. The highest BCUT2D eigenvalue weighted by Crippen LogP contribution is 2.15. The summed E-state index contributed by atoms with van der Waals surface area (Å²) in [4.78, 5) is 13.4. The van der Waals surface area contributed by atoms with Crippen LogP contribution in [0, 0.1) is 0 Å². The second-order valence-corrected chi connectivity index (χ2v) is 4.87. The van der Waals surface area contributed by atoms with Gasteiger partial charge in [0.1, 0.15) is 0 Å². The number of hydrogen-bond donors (Lipinski definition) is 1. The van der Waals surface area contributed by atoms with Crippen molar-refractivity contribution in [2.45, 2.75) is 20.5 Å². The molecule has 1 aromatic heterocycles. The van der Waals surface area contributed by atoms with Gasteiger partial charge in [0.2, 0.25) is 0 Å². The average molecular weight is 237 g/mol. The van der Waals surface area contributed by atoms with Gasteiger partial charge >= 0.3 is 4.87 Å². The molecular formula is C12H17N2OS+. The lowest BCUT2D eigenvalue weighted by Crippen LogP contribution is -3.10. The number of hydrogen-bond acceptors (Lipinski definition) is 2. The Morgan fingerprint density at radius 2 is 1.94 bits per heavy atom. The summed E-state index contributed by atoms with van der Waals surface area (Å²) in [6.07, 6.45) is 0. The number of nitrogens with zero attached hydrogens (tertiary/aromatic N) is 1. The van der Waals surface area contributed by atoms with Crippen molar-refractivity contribution in [2.75, 3.05) is 13.1 Å². The van der Waals surface area contributed by atoms with E-state index >= 15 is 0 Å². The lowest BCUT2D eigenvalue weighted by Gasteiger charge is -2.15. The smallest absolute Gasteiger partial charge is 0.312 e. The Hall–Kier alpha value is -1.13. The van der Waals surface area contributed by atoms with E-state index in [4.69, 9.17) is 0 Å². The average Bonchev–Trinajstić information content (AvgIpc) is 2.62. The fraction of sp³-hybridized carbons (Fsp3) is 0.417. The summed E-state index contributed by atoms with van der Waals surface area (Å²) in [6.45, 7) is 7.17. The molecule has 0 fully saturated rings. The number of rotatable bonds is 4. The summed E-state index contributed by atoms with van der Waals surface area (Å²) >= 11 is 1.34. The van der Waals surface area contributed by atoms with Gasteiger partial charge in [0.25, 0.3) is 0 Å². The molecule has 0 aliphatic rings. The van der Waals surface area contributed by atoms with Gasteiger partial charge in [-0.1, -0.05) is 23.5 Å². The molecule has 2 aromatic rings. The molecule has 0 saturated carbocycles. The molecule has 3 nitrogen and oxygen atoms in total. The molecule has 1 heterocycles. The molecule has 0 unspecified atom stereocenters. The molecular weight excluding hydrogens is 220 g/mol.